The zero-order valence-electron chi connectivity index (χ0n) is 11.8. The quantitative estimate of drug-likeness (QED) is 0.822. The summed E-state index contributed by atoms with van der Waals surface area (Å²) in [5.41, 5.74) is -0.348. The Morgan fingerprint density at radius 2 is 1.75 bits per heavy atom. The summed E-state index contributed by atoms with van der Waals surface area (Å²) in [6, 6.07) is -0.0784. The van der Waals surface area contributed by atoms with Gasteiger partial charge in [0.25, 0.3) is 0 Å². The average molecular weight is 293 g/mol. The molecule has 0 spiro atoms. The Bertz CT molecular complexity index is 373. The lowest BCUT2D eigenvalue weighted by atomic mass is 9.64. The van der Waals surface area contributed by atoms with Gasteiger partial charge >= 0.3 is 6.18 Å². The minimum Gasteiger partial charge on any atom is -0.392 e. The van der Waals surface area contributed by atoms with Gasteiger partial charge in [0.15, 0.2) is 0 Å². The van der Waals surface area contributed by atoms with Crippen LogP contribution in [0.3, 0.4) is 0 Å². The zero-order valence-corrected chi connectivity index (χ0v) is 11.8. The average Bonchev–Trinajstić information content (AvgIpc) is 2.37. The third-order valence-electron chi connectivity index (χ3n) is 5.09. The Kier molecular flexibility index (Phi) is 4.06. The number of hydrogen-bond donors (Lipinski definition) is 2. The molecule has 0 radical (unpaired) electrons. The first-order valence-corrected chi connectivity index (χ1v) is 7.17. The number of hydrogen-bond acceptors (Lipinski definition) is 2. The van der Waals surface area contributed by atoms with Gasteiger partial charge in [0.2, 0.25) is 5.91 Å². The number of amides is 1. The summed E-state index contributed by atoms with van der Waals surface area (Å²) >= 11 is 0. The minimum atomic E-state index is -4.14. The van der Waals surface area contributed by atoms with Crippen molar-refractivity contribution in [1.29, 1.82) is 0 Å². The fraction of sp³-hybridized carbons (Fsp3) is 0.929. The molecule has 2 fully saturated rings. The normalized spacial score (nSPS) is 37.1. The molecule has 3 nitrogen and oxygen atoms in total. The molecule has 2 rings (SSSR count). The zero-order chi connectivity index (χ0) is 15.1. The van der Waals surface area contributed by atoms with Gasteiger partial charge < -0.3 is 10.4 Å². The van der Waals surface area contributed by atoms with E-state index in [-0.39, 0.29) is 36.1 Å². The van der Waals surface area contributed by atoms with Gasteiger partial charge in [-0.2, -0.15) is 13.2 Å². The van der Waals surface area contributed by atoms with Crippen LogP contribution in [-0.4, -0.2) is 29.3 Å². The summed E-state index contributed by atoms with van der Waals surface area (Å²) in [7, 11) is 0. The van der Waals surface area contributed by atoms with Gasteiger partial charge in [-0.15, -0.1) is 0 Å². The van der Waals surface area contributed by atoms with E-state index in [9.17, 15) is 23.1 Å². The molecule has 0 aromatic carbocycles. The molecule has 0 heterocycles. The lowest BCUT2D eigenvalue weighted by molar-refractivity contribution is -0.185. The molecule has 2 aliphatic rings. The first-order chi connectivity index (χ1) is 9.12. The molecule has 0 aromatic rings. The molecule has 0 bridgehead atoms. The van der Waals surface area contributed by atoms with Crippen LogP contribution in [0.15, 0.2) is 0 Å². The molecular formula is C14H22F3NO2. The highest BCUT2D eigenvalue weighted by Crippen LogP contribution is 2.42. The van der Waals surface area contributed by atoms with Crippen molar-refractivity contribution < 1.29 is 23.1 Å². The lowest BCUT2D eigenvalue weighted by Crippen LogP contribution is -2.62. The smallest absolute Gasteiger partial charge is 0.391 e. The van der Waals surface area contributed by atoms with Crippen molar-refractivity contribution in [3.63, 3.8) is 0 Å². The van der Waals surface area contributed by atoms with E-state index in [2.05, 4.69) is 5.32 Å². The topological polar surface area (TPSA) is 49.3 Å². The molecule has 2 unspecified atom stereocenters. The van der Waals surface area contributed by atoms with Gasteiger partial charge in [-0.05, 0) is 32.1 Å². The van der Waals surface area contributed by atoms with Crippen LogP contribution in [0.4, 0.5) is 13.2 Å². The summed E-state index contributed by atoms with van der Waals surface area (Å²) in [5.74, 6) is -1.73. The van der Waals surface area contributed by atoms with Crippen molar-refractivity contribution >= 4 is 5.91 Å². The molecular weight excluding hydrogens is 271 g/mol. The third-order valence-corrected chi connectivity index (χ3v) is 5.09. The molecule has 2 atom stereocenters. The van der Waals surface area contributed by atoms with Gasteiger partial charge in [-0.1, -0.05) is 13.8 Å². The highest BCUT2D eigenvalue weighted by atomic mass is 19.4. The maximum Gasteiger partial charge on any atom is 0.391 e. The molecule has 0 aromatic heterocycles. The monoisotopic (exact) mass is 293 g/mol. The molecule has 6 heteroatoms. The first-order valence-electron chi connectivity index (χ1n) is 7.17. The standard InChI is InChI=1S/C14H22F3NO2/c1-13(2)10(7-11(13)19)18-12(20)8-3-5-9(6-4-8)14(15,16)17/h8-11,19H,3-7H2,1-2H3,(H,18,20). The van der Waals surface area contributed by atoms with Crippen LogP contribution >= 0.6 is 0 Å². The maximum atomic E-state index is 12.6. The van der Waals surface area contributed by atoms with Crippen molar-refractivity contribution in [3.05, 3.63) is 0 Å². The van der Waals surface area contributed by atoms with Crippen molar-refractivity contribution in [3.8, 4) is 0 Å². The second-order valence-corrected chi connectivity index (χ2v) is 6.72. The van der Waals surface area contributed by atoms with Crippen molar-refractivity contribution in [2.75, 3.05) is 0 Å². The Labute approximate surface area is 116 Å². The van der Waals surface area contributed by atoms with E-state index in [0.29, 0.717) is 19.3 Å². The summed E-state index contributed by atoms with van der Waals surface area (Å²) < 4.78 is 37.7. The van der Waals surface area contributed by atoms with E-state index in [1.165, 1.54) is 0 Å². The number of alkyl halides is 3. The Morgan fingerprint density at radius 3 is 2.15 bits per heavy atom. The number of carbonyl (C=O) groups is 1. The van der Waals surface area contributed by atoms with E-state index in [1.807, 2.05) is 13.8 Å². The fourth-order valence-corrected chi connectivity index (χ4v) is 3.12. The predicted octanol–water partition coefficient (Wildman–Crippen LogP) is 2.63. The van der Waals surface area contributed by atoms with E-state index in [0.717, 1.165) is 0 Å². The second-order valence-electron chi connectivity index (χ2n) is 6.72. The summed E-state index contributed by atoms with van der Waals surface area (Å²) in [6.45, 7) is 3.76. The van der Waals surface area contributed by atoms with Gasteiger partial charge in [0, 0.05) is 17.4 Å². The predicted molar refractivity (Wildman–Crippen MR) is 67.8 cm³/mol. The first kappa shape index (κ1) is 15.6. The number of nitrogens with one attached hydrogen (secondary N) is 1. The minimum absolute atomic E-state index is 0.0400. The molecule has 2 saturated carbocycles. The van der Waals surface area contributed by atoms with Gasteiger partial charge in [0.1, 0.15) is 0 Å². The van der Waals surface area contributed by atoms with Crippen LogP contribution in [-0.2, 0) is 4.79 Å². The lowest BCUT2D eigenvalue weighted by Gasteiger charge is -2.49. The van der Waals surface area contributed by atoms with E-state index in [4.69, 9.17) is 0 Å². The molecule has 1 amide bonds. The number of halogens is 3. The second kappa shape index (κ2) is 5.20. The Morgan fingerprint density at radius 1 is 1.20 bits per heavy atom. The number of rotatable bonds is 2. The molecule has 116 valence electrons. The van der Waals surface area contributed by atoms with Crippen LogP contribution in [0.5, 0.6) is 0 Å². The van der Waals surface area contributed by atoms with Gasteiger partial charge in [0.05, 0.1) is 12.0 Å². The summed E-state index contributed by atoms with van der Waals surface area (Å²) in [6.07, 6.45) is -3.36. The number of aliphatic hydroxyl groups is 1. The molecule has 2 aliphatic carbocycles. The van der Waals surface area contributed by atoms with Crippen molar-refractivity contribution in [2.45, 2.75) is 64.3 Å². The van der Waals surface area contributed by atoms with Crippen LogP contribution in [0, 0.1) is 17.3 Å². The van der Waals surface area contributed by atoms with Gasteiger partial charge in [-0.25, -0.2) is 0 Å². The summed E-state index contributed by atoms with van der Waals surface area (Å²) in [5, 5.41) is 12.5. The van der Waals surface area contributed by atoms with Crippen LogP contribution in [0.25, 0.3) is 0 Å². The molecule has 0 aliphatic heterocycles. The number of carbonyl (C=O) groups excluding carboxylic acids is 1. The SMILES string of the molecule is CC1(C)C(O)CC1NC(=O)C1CCC(C(F)(F)F)CC1. The van der Waals surface area contributed by atoms with Crippen molar-refractivity contribution in [1.82, 2.24) is 5.32 Å². The Balaban J connectivity index is 1.81. The van der Waals surface area contributed by atoms with Crippen LogP contribution in [0.1, 0.15) is 46.0 Å². The van der Waals surface area contributed by atoms with Gasteiger partial charge in [-0.3, -0.25) is 4.79 Å². The number of aliphatic hydroxyl groups excluding tert-OH is 1. The highest BCUT2D eigenvalue weighted by Gasteiger charge is 2.49. The van der Waals surface area contributed by atoms with E-state index < -0.39 is 18.2 Å². The van der Waals surface area contributed by atoms with E-state index in [1.54, 1.807) is 0 Å². The molecule has 20 heavy (non-hydrogen) atoms. The molecule has 2 N–H and O–H groups in total. The van der Waals surface area contributed by atoms with E-state index >= 15 is 0 Å². The fourth-order valence-electron chi connectivity index (χ4n) is 3.12. The van der Waals surface area contributed by atoms with Crippen molar-refractivity contribution in [2.24, 2.45) is 17.3 Å². The summed E-state index contributed by atoms with van der Waals surface area (Å²) in [4.78, 5) is 12.1. The maximum absolute atomic E-state index is 12.6. The van der Waals surface area contributed by atoms with Crippen LogP contribution in [0.2, 0.25) is 0 Å². The largest absolute Gasteiger partial charge is 0.392 e. The highest BCUT2D eigenvalue weighted by molar-refractivity contribution is 5.79. The third kappa shape index (κ3) is 2.95. The molecule has 0 saturated heterocycles. The van der Waals surface area contributed by atoms with Crippen LogP contribution < -0.4 is 5.32 Å². The Hall–Kier alpha value is -0.780.